The Bertz CT molecular complexity index is 478. The first-order chi connectivity index (χ1) is 9.56. The van der Waals surface area contributed by atoms with Crippen LogP contribution in [0.25, 0.3) is 0 Å². The quantitative estimate of drug-likeness (QED) is 0.823. The van der Waals surface area contributed by atoms with E-state index < -0.39 is 11.9 Å². The molecule has 1 saturated heterocycles. The van der Waals surface area contributed by atoms with Gasteiger partial charge in [0.05, 0.1) is 12.5 Å². The van der Waals surface area contributed by atoms with Crippen LogP contribution in [0.3, 0.4) is 0 Å². The minimum atomic E-state index is -0.675. The highest BCUT2D eigenvalue weighted by molar-refractivity contribution is 5.87. The summed E-state index contributed by atoms with van der Waals surface area (Å²) >= 11 is 0. The van der Waals surface area contributed by atoms with E-state index in [-0.39, 0.29) is 11.8 Å². The number of carbonyl (C=O) groups is 2. The maximum Gasteiger partial charge on any atom is 0.240 e. The van der Waals surface area contributed by atoms with Gasteiger partial charge in [-0.1, -0.05) is 29.8 Å². The summed E-state index contributed by atoms with van der Waals surface area (Å²) in [5.41, 5.74) is 7.50. The number of benzene rings is 1. The maximum absolute atomic E-state index is 12.0. The summed E-state index contributed by atoms with van der Waals surface area (Å²) in [5.74, 6) is -0.842. The van der Waals surface area contributed by atoms with Crippen LogP contribution >= 0.6 is 0 Å². The van der Waals surface area contributed by atoms with Crippen molar-refractivity contribution >= 4 is 11.8 Å². The molecule has 0 saturated carbocycles. The average molecular weight is 276 g/mol. The Morgan fingerprint density at radius 3 is 2.65 bits per heavy atom. The Kier molecular flexibility index (Phi) is 4.74. The Balaban J connectivity index is 1.98. The van der Waals surface area contributed by atoms with Crippen molar-refractivity contribution in [3.8, 4) is 0 Å². The zero-order valence-electron chi connectivity index (χ0n) is 11.6. The molecular weight excluding hydrogens is 256 g/mol. The molecule has 1 aliphatic heterocycles. The summed E-state index contributed by atoms with van der Waals surface area (Å²) < 4.78 is 5.17. The summed E-state index contributed by atoms with van der Waals surface area (Å²) in [7, 11) is 0. The van der Waals surface area contributed by atoms with E-state index in [1.54, 1.807) is 0 Å². The fraction of sp³-hybridized carbons (Fsp3) is 0.467. The number of nitrogens with two attached hydrogens (primary N) is 1. The normalized spacial score (nSPS) is 19.6. The molecule has 2 rings (SSSR count). The number of hydrogen-bond acceptors (Lipinski definition) is 3. The van der Waals surface area contributed by atoms with Crippen molar-refractivity contribution in [1.82, 2.24) is 5.32 Å². The molecule has 1 fully saturated rings. The molecule has 5 heteroatoms. The van der Waals surface area contributed by atoms with Crippen molar-refractivity contribution in [2.75, 3.05) is 13.2 Å². The van der Waals surface area contributed by atoms with Crippen LogP contribution in [-0.2, 0) is 20.7 Å². The molecule has 3 N–H and O–H groups in total. The lowest BCUT2D eigenvalue weighted by Crippen LogP contribution is -2.48. The molecule has 1 aromatic rings. The van der Waals surface area contributed by atoms with E-state index in [0.717, 1.165) is 11.1 Å². The lowest BCUT2D eigenvalue weighted by Gasteiger charge is -2.17. The number of hydrogen-bond donors (Lipinski definition) is 2. The zero-order chi connectivity index (χ0) is 14.5. The molecule has 0 unspecified atom stereocenters. The van der Waals surface area contributed by atoms with E-state index in [9.17, 15) is 9.59 Å². The Morgan fingerprint density at radius 1 is 1.40 bits per heavy atom. The predicted octanol–water partition coefficient (Wildman–Crippen LogP) is 0.544. The van der Waals surface area contributed by atoms with E-state index in [2.05, 4.69) is 5.32 Å². The molecule has 1 aromatic carbocycles. The SMILES string of the molecule is Cc1ccc(C[C@H](NC(=O)[C@H]2CCOC2)C(N)=O)cc1. The fourth-order valence-electron chi connectivity index (χ4n) is 2.21. The van der Waals surface area contributed by atoms with Gasteiger partial charge < -0.3 is 15.8 Å². The second-order valence-corrected chi connectivity index (χ2v) is 5.21. The van der Waals surface area contributed by atoms with Gasteiger partial charge in [0.25, 0.3) is 0 Å². The van der Waals surface area contributed by atoms with E-state index >= 15 is 0 Å². The molecular formula is C15H20N2O3. The van der Waals surface area contributed by atoms with Crippen LogP contribution < -0.4 is 11.1 Å². The molecule has 0 radical (unpaired) electrons. The van der Waals surface area contributed by atoms with Crippen molar-refractivity contribution < 1.29 is 14.3 Å². The summed E-state index contributed by atoms with van der Waals surface area (Å²) in [4.78, 5) is 23.5. The molecule has 5 nitrogen and oxygen atoms in total. The lowest BCUT2D eigenvalue weighted by atomic mass is 10.0. The molecule has 2 atom stereocenters. The Hall–Kier alpha value is -1.88. The van der Waals surface area contributed by atoms with Crippen LogP contribution in [0.15, 0.2) is 24.3 Å². The minimum Gasteiger partial charge on any atom is -0.381 e. The standard InChI is InChI=1S/C15H20N2O3/c1-10-2-4-11(5-3-10)8-13(14(16)18)17-15(19)12-6-7-20-9-12/h2-5,12-13H,6-9H2,1H3,(H2,16,18)(H,17,19)/t12-,13-/m0/s1. The third-order valence-corrected chi connectivity index (χ3v) is 3.52. The molecule has 0 bridgehead atoms. The van der Waals surface area contributed by atoms with E-state index in [1.165, 1.54) is 0 Å². The van der Waals surface area contributed by atoms with Crippen LogP contribution in [0.4, 0.5) is 0 Å². The second kappa shape index (κ2) is 6.52. The number of nitrogens with one attached hydrogen (secondary N) is 1. The minimum absolute atomic E-state index is 0.154. The first-order valence-electron chi connectivity index (χ1n) is 6.79. The van der Waals surface area contributed by atoms with Crippen molar-refractivity contribution in [1.29, 1.82) is 0 Å². The highest BCUT2D eigenvalue weighted by Crippen LogP contribution is 2.13. The van der Waals surface area contributed by atoms with Gasteiger partial charge in [-0.05, 0) is 18.9 Å². The summed E-state index contributed by atoms with van der Waals surface area (Å²) in [6.07, 6.45) is 1.11. The number of carbonyl (C=O) groups excluding carboxylic acids is 2. The van der Waals surface area contributed by atoms with Crippen LogP contribution in [-0.4, -0.2) is 31.1 Å². The first kappa shape index (κ1) is 14.5. The number of aryl methyl sites for hydroxylation is 1. The largest absolute Gasteiger partial charge is 0.381 e. The lowest BCUT2D eigenvalue weighted by molar-refractivity contribution is -0.129. The van der Waals surface area contributed by atoms with Gasteiger partial charge in [-0.15, -0.1) is 0 Å². The highest BCUT2D eigenvalue weighted by Gasteiger charge is 2.27. The van der Waals surface area contributed by atoms with Crippen molar-refractivity contribution in [3.05, 3.63) is 35.4 Å². The van der Waals surface area contributed by atoms with E-state index in [0.29, 0.717) is 26.1 Å². The predicted molar refractivity (Wildman–Crippen MR) is 74.9 cm³/mol. The second-order valence-electron chi connectivity index (χ2n) is 5.21. The van der Waals surface area contributed by atoms with Gasteiger partial charge in [-0.25, -0.2) is 0 Å². The number of primary amides is 1. The summed E-state index contributed by atoms with van der Waals surface area (Å²) in [6.45, 7) is 3.01. The van der Waals surface area contributed by atoms with Gasteiger partial charge in [0, 0.05) is 13.0 Å². The number of rotatable bonds is 5. The molecule has 2 amide bonds. The topological polar surface area (TPSA) is 81.4 Å². The molecule has 1 aliphatic rings. The van der Waals surface area contributed by atoms with E-state index in [4.69, 9.17) is 10.5 Å². The van der Waals surface area contributed by atoms with Gasteiger partial charge >= 0.3 is 0 Å². The molecule has 1 heterocycles. The van der Waals surface area contributed by atoms with Crippen LogP contribution in [0.5, 0.6) is 0 Å². The van der Waals surface area contributed by atoms with Crippen molar-refractivity contribution in [2.45, 2.75) is 25.8 Å². The van der Waals surface area contributed by atoms with Gasteiger partial charge in [-0.3, -0.25) is 9.59 Å². The molecule has 108 valence electrons. The fourth-order valence-corrected chi connectivity index (χ4v) is 2.21. The van der Waals surface area contributed by atoms with Gasteiger partial charge in [0.1, 0.15) is 6.04 Å². The Labute approximate surface area is 118 Å². The third-order valence-electron chi connectivity index (χ3n) is 3.52. The van der Waals surface area contributed by atoms with Crippen LogP contribution in [0, 0.1) is 12.8 Å². The molecule has 0 aliphatic carbocycles. The smallest absolute Gasteiger partial charge is 0.240 e. The van der Waals surface area contributed by atoms with Crippen LogP contribution in [0.2, 0.25) is 0 Å². The van der Waals surface area contributed by atoms with Gasteiger partial charge in [0.15, 0.2) is 0 Å². The number of ether oxygens (including phenoxy) is 1. The van der Waals surface area contributed by atoms with Gasteiger partial charge in [-0.2, -0.15) is 0 Å². The average Bonchev–Trinajstić information content (AvgIpc) is 2.94. The highest BCUT2D eigenvalue weighted by atomic mass is 16.5. The number of amides is 2. The summed E-state index contributed by atoms with van der Waals surface area (Å²) in [5, 5.41) is 2.73. The van der Waals surface area contributed by atoms with Crippen molar-refractivity contribution in [2.24, 2.45) is 11.7 Å². The molecule has 20 heavy (non-hydrogen) atoms. The molecule has 0 spiro atoms. The third kappa shape index (κ3) is 3.81. The maximum atomic E-state index is 12.0. The zero-order valence-corrected chi connectivity index (χ0v) is 11.6. The van der Waals surface area contributed by atoms with Gasteiger partial charge in [0.2, 0.25) is 11.8 Å². The molecule has 0 aromatic heterocycles. The van der Waals surface area contributed by atoms with Crippen molar-refractivity contribution in [3.63, 3.8) is 0 Å². The summed E-state index contributed by atoms with van der Waals surface area (Å²) in [6, 6.07) is 7.15. The van der Waals surface area contributed by atoms with Crippen LogP contribution in [0.1, 0.15) is 17.5 Å². The Morgan fingerprint density at radius 2 is 2.10 bits per heavy atom. The first-order valence-corrected chi connectivity index (χ1v) is 6.79. The monoisotopic (exact) mass is 276 g/mol. The van der Waals surface area contributed by atoms with E-state index in [1.807, 2.05) is 31.2 Å².